The topological polar surface area (TPSA) is 60.7 Å². The fourth-order valence-electron chi connectivity index (χ4n) is 2.61. The summed E-state index contributed by atoms with van der Waals surface area (Å²) in [6, 6.07) is 11.2. The van der Waals surface area contributed by atoms with Crippen molar-refractivity contribution in [3.05, 3.63) is 62.9 Å². The number of rotatable bonds is 4. The number of aromatic nitrogens is 1. The van der Waals surface area contributed by atoms with E-state index in [2.05, 4.69) is 4.99 Å². The van der Waals surface area contributed by atoms with E-state index in [0.717, 1.165) is 10.2 Å². The lowest BCUT2D eigenvalue weighted by atomic mass is 10.2. The van der Waals surface area contributed by atoms with E-state index in [0.29, 0.717) is 20.4 Å². The lowest BCUT2D eigenvalue weighted by molar-refractivity contribution is -0.146. The third-order valence-electron chi connectivity index (χ3n) is 3.87. The second-order valence-electron chi connectivity index (χ2n) is 5.72. The zero-order valence-corrected chi connectivity index (χ0v) is 16.9. The summed E-state index contributed by atoms with van der Waals surface area (Å²) in [5, 5.41) is 1.01. The van der Waals surface area contributed by atoms with E-state index in [1.807, 2.05) is 0 Å². The molecule has 1 amide bonds. The monoisotopic (exact) mass is 422 g/mol. The molecule has 0 aliphatic heterocycles. The highest BCUT2D eigenvalue weighted by atomic mass is 35.5. The molecule has 27 heavy (non-hydrogen) atoms. The van der Waals surface area contributed by atoms with Gasteiger partial charge in [-0.1, -0.05) is 40.6 Å². The first-order valence-electron chi connectivity index (χ1n) is 8.22. The van der Waals surface area contributed by atoms with E-state index >= 15 is 0 Å². The quantitative estimate of drug-likeness (QED) is 0.563. The molecule has 1 atom stereocenters. The molecule has 8 heteroatoms. The number of halogens is 2. The van der Waals surface area contributed by atoms with Crippen molar-refractivity contribution in [1.82, 2.24) is 4.57 Å². The molecule has 0 N–H and O–H groups in total. The zero-order valence-electron chi connectivity index (χ0n) is 14.6. The molecule has 0 bridgehead atoms. The van der Waals surface area contributed by atoms with Crippen LogP contribution in [0.2, 0.25) is 10.0 Å². The smallest absolute Gasteiger partial charge is 0.328 e. The first kappa shape index (κ1) is 19.6. The molecular weight excluding hydrogens is 407 g/mol. The van der Waals surface area contributed by atoms with Crippen molar-refractivity contribution in [3.8, 4) is 0 Å². The summed E-state index contributed by atoms with van der Waals surface area (Å²) in [5.41, 5.74) is 1.12. The average Bonchev–Trinajstić information content (AvgIpc) is 2.97. The van der Waals surface area contributed by atoms with Crippen LogP contribution in [-0.4, -0.2) is 23.1 Å². The Bertz CT molecular complexity index is 1090. The van der Waals surface area contributed by atoms with Crippen molar-refractivity contribution in [2.75, 3.05) is 6.61 Å². The molecule has 140 valence electrons. The van der Waals surface area contributed by atoms with Crippen LogP contribution in [0, 0.1) is 0 Å². The summed E-state index contributed by atoms with van der Waals surface area (Å²) in [5.74, 6) is -0.844. The first-order chi connectivity index (χ1) is 12.9. The van der Waals surface area contributed by atoms with Crippen LogP contribution in [0.5, 0.6) is 0 Å². The van der Waals surface area contributed by atoms with E-state index in [1.54, 1.807) is 60.9 Å². The van der Waals surface area contributed by atoms with Gasteiger partial charge in [-0.25, -0.2) is 4.79 Å². The van der Waals surface area contributed by atoms with Gasteiger partial charge in [-0.3, -0.25) is 4.79 Å². The Hall–Kier alpha value is -2.15. The molecule has 0 fully saturated rings. The van der Waals surface area contributed by atoms with Gasteiger partial charge in [0.25, 0.3) is 5.91 Å². The highest BCUT2D eigenvalue weighted by Crippen LogP contribution is 2.25. The maximum absolute atomic E-state index is 12.6. The number of hydrogen-bond donors (Lipinski definition) is 0. The van der Waals surface area contributed by atoms with Gasteiger partial charge >= 0.3 is 5.97 Å². The summed E-state index contributed by atoms with van der Waals surface area (Å²) in [7, 11) is 0. The SMILES string of the molecule is CCOC(=O)C(C)n1c(=NC(=O)c2cccc(Cl)c2)sc2cc(Cl)ccc21. The van der Waals surface area contributed by atoms with Crippen LogP contribution in [0.25, 0.3) is 10.2 Å². The molecule has 0 radical (unpaired) electrons. The molecule has 2 aromatic carbocycles. The number of esters is 1. The molecule has 0 aliphatic carbocycles. The van der Waals surface area contributed by atoms with Crippen LogP contribution in [-0.2, 0) is 9.53 Å². The number of benzene rings is 2. The minimum Gasteiger partial charge on any atom is -0.464 e. The predicted molar refractivity (Wildman–Crippen MR) is 108 cm³/mol. The standard InChI is InChI=1S/C19H16Cl2N2O3S/c1-3-26-18(25)11(2)23-15-8-7-14(21)10-16(15)27-19(23)22-17(24)12-5-4-6-13(20)9-12/h4-11H,3H2,1-2H3. The summed E-state index contributed by atoms with van der Waals surface area (Å²) in [6.45, 7) is 3.72. The Morgan fingerprint density at radius 1 is 1.19 bits per heavy atom. The van der Waals surface area contributed by atoms with Gasteiger partial charge in [0, 0.05) is 15.6 Å². The van der Waals surface area contributed by atoms with Crippen LogP contribution >= 0.6 is 34.5 Å². The van der Waals surface area contributed by atoms with Crippen LogP contribution < -0.4 is 4.80 Å². The second kappa shape index (κ2) is 8.25. The Morgan fingerprint density at radius 3 is 2.63 bits per heavy atom. The molecule has 5 nitrogen and oxygen atoms in total. The fourth-order valence-corrected chi connectivity index (χ4v) is 4.18. The molecule has 0 spiro atoms. The summed E-state index contributed by atoms with van der Waals surface area (Å²) in [6.07, 6.45) is 0. The van der Waals surface area contributed by atoms with Gasteiger partial charge < -0.3 is 9.30 Å². The van der Waals surface area contributed by atoms with Crippen LogP contribution in [0.15, 0.2) is 47.5 Å². The summed E-state index contributed by atoms with van der Waals surface area (Å²) in [4.78, 5) is 29.5. The Balaban J connectivity index is 2.17. The van der Waals surface area contributed by atoms with E-state index in [-0.39, 0.29) is 6.61 Å². The van der Waals surface area contributed by atoms with E-state index < -0.39 is 17.9 Å². The van der Waals surface area contributed by atoms with Crippen LogP contribution in [0.1, 0.15) is 30.2 Å². The van der Waals surface area contributed by atoms with E-state index in [4.69, 9.17) is 27.9 Å². The lowest BCUT2D eigenvalue weighted by Gasteiger charge is -2.13. The van der Waals surface area contributed by atoms with Gasteiger partial charge in [0.2, 0.25) is 0 Å². The zero-order chi connectivity index (χ0) is 19.6. The number of carbonyl (C=O) groups excluding carboxylic acids is 2. The molecular formula is C19H16Cl2N2O3S. The molecule has 3 aromatic rings. The molecule has 1 unspecified atom stereocenters. The molecule has 0 saturated heterocycles. The van der Waals surface area contributed by atoms with Crippen LogP contribution in [0.4, 0.5) is 0 Å². The first-order valence-corrected chi connectivity index (χ1v) is 9.79. The fraction of sp³-hybridized carbons (Fsp3) is 0.211. The number of amides is 1. The molecule has 3 rings (SSSR count). The molecule has 1 heterocycles. The lowest BCUT2D eigenvalue weighted by Crippen LogP contribution is -2.27. The van der Waals surface area contributed by atoms with Crippen molar-refractivity contribution in [1.29, 1.82) is 0 Å². The molecule has 0 saturated carbocycles. The van der Waals surface area contributed by atoms with Gasteiger partial charge in [-0.2, -0.15) is 4.99 Å². The predicted octanol–water partition coefficient (Wildman–Crippen LogP) is 4.87. The number of carbonyl (C=O) groups is 2. The molecule has 1 aromatic heterocycles. The highest BCUT2D eigenvalue weighted by molar-refractivity contribution is 7.16. The van der Waals surface area contributed by atoms with Gasteiger partial charge in [0.15, 0.2) is 4.80 Å². The highest BCUT2D eigenvalue weighted by Gasteiger charge is 2.21. The minimum absolute atomic E-state index is 0.269. The maximum Gasteiger partial charge on any atom is 0.328 e. The normalized spacial score (nSPS) is 13.0. The van der Waals surface area contributed by atoms with E-state index in [9.17, 15) is 9.59 Å². The third-order valence-corrected chi connectivity index (χ3v) is 5.36. The van der Waals surface area contributed by atoms with E-state index in [1.165, 1.54) is 11.3 Å². The Morgan fingerprint density at radius 2 is 1.93 bits per heavy atom. The van der Waals surface area contributed by atoms with Crippen molar-refractivity contribution < 1.29 is 14.3 Å². The van der Waals surface area contributed by atoms with Crippen molar-refractivity contribution in [3.63, 3.8) is 0 Å². The van der Waals surface area contributed by atoms with Gasteiger partial charge in [-0.05, 0) is 50.2 Å². The third kappa shape index (κ3) is 4.24. The Kier molecular flexibility index (Phi) is 5.99. The number of hydrogen-bond acceptors (Lipinski definition) is 4. The second-order valence-corrected chi connectivity index (χ2v) is 7.60. The number of fused-ring (bicyclic) bond motifs is 1. The summed E-state index contributed by atoms with van der Waals surface area (Å²) < 4.78 is 7.64. The largest absolute Gasteiger partial charge is 0.464 e. The van der Waals surface area contributed by atoms with Crippen molar-refractivity contribution in [2.45, 2.75) is 19.9 Å². The Labute approximate surface area is 169 Å². The van der Waals surface area contributed by atoms with Crippen LogP contribution in [0.3, 0.4) is 0 Å². The molecule has 0 aliphatic rings. The van der Waals surface area contributed by atoms with Gasteiger partial charge in [0.1, 0.15) is 6.04 Å². The number of thiazole rings is 1. The van der Waals surface area contributed by atoms with Gasteiger partial charge in [0.05, 0.1) is 16.8 Å². The van der Waals surface area contributed by atoms with Gasteiger partial charge in [-0.15, -0.1) is 0 Å². The number of nitrogens with zero attached hydrogens (tertiary/aromatic N) is 2. The van der Waals surface area contributed by atoms with Crippen molar-refractivity contribution in [2.24, 2.45) is 4.99 Å². The van der Waals surface area contributed by atoms with Crippen molar-refractivity contribution >= 4 is 56.6 Å². The average molecular weight is 423 g/mol. The minimum atomic E-state index is -0.647. The maximum atomic E-state index is 12.6. The number of ether oxygens (including phenoxy) is 1. The summed E-state index contributed by atoms with van der Waals surface area (Å²) >= 11 is 13.3.